The van der Waals surface area contributed by atoms with Crippen LogP contribution in [-0.4, -0.2) is 93.5 Å². The molecule has 0 fully saturated rings. The summed E-state index contributed by atoms with van der Waals surface area (Å²) < 4.78 is 0. The fourth-order valence-electron chi connectivity index (χ4n) is 2.57. The Morgan fingerprint density at radius 3 is 2.00 bits per heavy atom. The average molecular weight is 508 g/mol. The third kappa shape index (κ3) is 12.2. The minimum absolute atomic E-state index is 0.00807. The highest BCUT2D eigenvalue weighted by Crippen LogP contribution is 2.04. The number of thiol groups is 1. The quantitative estimate of drug-likeness (QED) is 0.0417. The number of hydrogen-bond acceptors (Lipinski definition) is 9. The molecule has 5 atom stereocenters. The fraction of sp³-hybridized carbons (Fsp3) is 0.667. The molecule has 0 rings (SSSR count). The van der Waals surface area contributed by atoms with E-state index in [4.69, 9.17) is 27.4 Å². The number of rotatable bonds is 16. The number of aliphatic imine (C=N–C) groups is 1. The first-order chi connectivity index (χ1) is 15.8. The number of carbonyl (C=O) groups excluding carboxylic acids is 3. The first kappa shape index (κ1) is 30.9. The Morgan fingerprint density at radius 2 is 1.53 bits per heavy atom. The SMILES string of the molecule is CC(O)C(NC(=O)C(N)CCC(=O)O)C(=O)NC(CCCN=C(N)N)C(=O)NC(CS)C(=O)O. The summed E-state index contributed by atoms with van der Waals surface area (Å²) in [6, 6.07) is -5.37. The molecule has 0 aromatic rings. The van der Waals surface area contributed by atoms with Crippen LogP contribution in [-0.2, 0) is 24.0 Å². The number of nitrogens with two attached hydrogens (primary N) is 3. The van der Waals surface area contributed by atoms with Gasteiger partial charge in [-0.25, -0.2) is 4.79 Å². The van der Waals surface area contributed by atoms with Crippen LogP contribution in [0.25, 0.3) is 0 Å². The predicted octanol–water partition coefficient (Wildman–Crippen LogP) is -3.92. The van der Waals surface area contributed by atoms with Gasteiger partial charge in [0.1, 0.15) is 18.1 Å². The maximum atomic E-state index is 12.8. The van der Waals surface area contributed by atoms with E-state index in [1.807, 2.05) is 0 Å². The molecule has 0 spiro atoms. The summed E-state index contributed by atoms with van der Waals surface area (Å²) in [7, 11) is 0. The van der Waals surface area contributed by atoms with Crippen molar-refractivity contribution in [1.82, 2.24) is 16.0 Å². The van der Waals surface area contributed by atoms with Gasteiger partial charge in [0.05, 0.1) is 12.1 Å². The van der Waals surface area contributed by atoms with Crippen molar-refractivity contribution in [2.45, 2.75) is 62.9 Å². The smallest absolute Gasteiger partial charge is 0.327 e. The van der Waals surface area contributed by atoms with Gasteiger partial charge >= 0.3 is 11.9 Å². The number of guanidine groups is 1. The van der Waals surface area contributed by atoms with E-state index in [0.29, 0.717) is 0 Å². The van der Waals surface area contributed by atoms with Gasteiger partial charge in [0.15, 0.2) is 5.96 Å². The lowest BCUT2D eigenvalue weighted by atomic mass is 10.1. The summed E-state index contributed by atoms with van der Waals surface area (Å²) in [6.07, 6.45) is -1.78. The summed E-state index contributed by atoms with van der Waals surface area (Å²) in [4.78, 5) is 63.2. The molecule has 0 aromatic heterocycles. The number of amides is 3. The van der Waals surface area contributed by atoms with Gasteiger partial charge in [0.25, 0.3) is 0 Å². The minimum Gasteiger partial charge on any atom is -0.481 e. The highest BCUT2D eigenvalue weighted by atomic mass is 32.1. The Kier molecular flexibility index (Phi) is 14.2. The molecule has 0 radical (unpaired) electrons. The second-order valence-electron chi connectivity index (χ2n) is 7.36. The third-order valence-electron chi connectivity index (χ3n) is 4.44. The molecular formula is C18H33N7O8S. The molecule has 0 saturated carbocycles. The molecule has 5 unspecified atom stereocenters. The van der Waals surface area contributed by atoms with E-state index in [-0.39, 0.29) is 43.9 Å². The Bertz CT molecular complexity index is 761. The highest BCUT2D eigenvalue weighted by Gasteiger charge is 2.32. The van der Waals surface area contributed by atoms with Crippen LogP contribution >= 0.6 is 12.6 Å². The Morgan fingerprint density at radius 1 is 0.941 bits per heavy atom. The number of carbonyl (C=O) groups is 5. The summed E-state index contributed by atoms with van der Waals surface area (Å²) in [5, 5.41) is 34.6. The van der Waals surface area contributed by atoms with Gasteiger partial charge in [-0.15, -0.1) is 0 Å². The van der Waals surface area contributed by atoms with Crippen molar-refractivity contribution in [3.63, 3.8) is 0 Å². The molecule has 0 aliphatic rings. The van der Waals surface area contributed by atoms with Crippen molar-refractivity contribution < 1.29 is 39.3 Å². The predicted molar refractivity (Wildman–Crippen MR) is 124 cm³/mol. The van der Waals surface area contributed by atoms with Crippen LogP contribution in [0.4, 0.5) is 0 Å². The van der Waals surface area contributed by atoms with Gasteiger partial charge < -0.3 is 48.5 Å². The van der Waals surface area contributed by atoms with Crippen molar-refractivity contribution in [3.05, 3.63) is 0 Å². The second-order valence-corrected chi connectivity index (χ2v) is 7.72. The van der Waals surface area contributed by atoms with Crippen LogP contribution in [0, 0.1) is 0 Å². The number of aliphatic carboxylic acids is 2. The first-order valence-electron chi connectivity index (χ1n) is 10.3. The summed E-state index contributed by atoms with van der Waals surface area (Å²) >= 11 is 3.86. The molecule has 0 aliphatic heterocycles. The van der Waals surface area contributed by atoms with Crippen LogP contribution in [0.2, 0.25) is 0 Å². The maximum Gasteiger partial charge on any atom is 0.327 e. The molecule has 0 aromatic carbocycles. The normalized spacial score (nSPS) is 15.1. The minimum atomic E-state index is -1.53. The number of carboxylic acid groups (broad SMARTS) is 2. The van der Waals surface area contributed by atoms with Gasteiger partial charge in [0.2, 0.25) is 17.7 Å². The van der Waals surface area contributed by atoms with Crippen molar-refractivity contribution in [2.75, 3.05) is 12.3 Å². The standard InChI is InChI=1S/C18H33N7O8S/c1-8(26)13(25-14(29)9(19)4-5-12(27)28)16(31)23-10(3-2-6-22-18(20)21)15(30)24-11(7-34)17(32)33/h8-11,13,26,34H,2-7,19H2,1H3,(H,23,31)(H,24,30)(H,25,29)(H,27,28)(H,32,33)(H4,20,21,22). The lowest BCUT2D eigenvalue weighted by Crippen LogP contribution is -2.59. The molecule has 0 heterocycles. The van der Waals surface area contributed by atoms with Crippen LogP contribution in [0.3, 0.4) is 0 Å². The largest absolute Gasteiger partial charge is 0.481 e. The van der Waals surface area contributed by atoms with Gasteiger partial charge in [-0.05, 0) is 26.2 Å². The molecule has 0 bridgehead atoms. The number of nitrogens with zero attached hydrogens (tertiary/aromatic N) is 1. The molecule has 0 saturated heterocycles. The summed E-state index contributed by atoms with van der Waals surface area (Å²) in [5.41, 5.74) is 16.1. The number of hydrogen-bond donors (Lipinski definition) is 10. The highest BCUT2D eigenvalue weighted by molar-refractivity contribution is 7.80. The van der Waals surface area contributed by atoms with E-state index in [9.17, 15) is 29.1 Å². The second kappa shape index (κ2) is 15.7. The van der Waals surface area contributed by atoms with Crippen molar-refractivity contribution >= 4 is 48.2 Å². The Hall–Kier alpha value is -3.11. The van der Waals surface area contributed by atoms with Crippen LogP contribution in [0.5, 0.6) is 0 Å². The van der Waals surface area contributed by atoms with E-state index in [2.05, 4.69) is 33.6 Å². The molecule has 34 heavy (non-hydrogen) atoms. The topological polar surface area (TPSA) is 273 Å². The number of nitrogens with one attached hydrogen (secondary N) is 3. The first-order valence-corrected chi connectivity index (χ1v) is 10.9. The fourth-order valence-corrected chi connectivity index (χ4v) is 2.81. The van der Waals surface area contributed by atoms with E-state index < -0.39 is 59.9 Å². The van der Waals surface area contributed by atoms with Gasteiger partial charge in [-0.1, -0.05) is 0 Å². The van der Waals surface area contributed by atoms with Crippen molar-refractivity contribution in [3.8, 4) is 0 Å². The van der Waals surface area contributed by atoms with Gasteiger partial charge in [-0.2, -0.15) is 12.6 Å². The van der Waals surface area contributed by atoms with Crippen LogP contribution in [0.1, 0.15) is 32.6 Å². The third-order valence-corrected chi connectivity index (χ3v) is 4.81. The summed E-state index contributed by atoms with van der Waals surface area (Å²) in [5.74, 6) is -5.56. The molecule has 16 heteroatoms. The van der Waals surface area contributed by atoms with E-state index in [1.54, 1.807) is 0 Å². The Labute approximate surface area is 201 Å². The average Bonchev–Trinajstić information content (AvgIpc) is 2.74. The Balaban J connectivity index is 5.42. The molecule has 15 nitrogen and oxygen atoms in total. The van der Waals surface area contributed by atoms with Gasteiger partial charge in [-0.3, -0.25) is 24.2 Å². The summed E-state index contributed by atoms with van der Waals surface area (Å²) in [6.45, 7) is 1.33. The van der Waals surface area contributed by atoms with Crippen LogP contribution in [0.15, 0.2) is 4.99 Å². The molecule has 0 aliphatic carbocycles. The maximum absolute atomic E-state index is 12.8. The van der Waals surface area contributed by atoms with Crippen molar-refractivity contribution in [2.24, 2.45) is 22.2 Å². The zero-order valence-corrected chi connectivity index (χ0v) is 19.5. The molecule has 194 valence electrons. The van der Waals surface area contributed by atoms with E-state index in [1.165, 1.54) is 6.92 Å². The van der Waals surface area contributed by atoms with Crippen molar-refractivity contribution in [1.29, 1.82) is 0 Å². The lowest BCUT2D eigenvalue weighted by Gasteiger charge is -2.26. The number of aliphatic hydroxyl groups is 1. The zero-order valence-electron chi connectivity index (χ0n) is 18.6. The monoisotopic (exact) mass is 507 g/mol. The number of aliphatic hydroxyl groups excluding tert-OH is 1. The number of carboxylic acids is 2. The van der Waals surface area contributed by atoms with Gasteiger partial charge in [0, 0.05) is 18.7 Å². The molecular weight excluding hydrogens is 474 g/mol. The zero-order chi connectivity index (χ0) is 26.4. The lowest BCUT2D eigenvalue weighted by molar-refractivity contribution is -0.142. The van der Waals surface area contributed by atoms with E-state index >= 15 is 0 Å². The molecule has 12 N–H and O–H groups in total. The van der Waals surface area contributed by atoms with Crippen LogP contribution < -0.4 is 33.2 Å². The molecule has 3 amide bonds. The van der Waals surface area contributed by atoms with E-state index in [0.717, 1.165) is 0 Å².